The Kier molecular flexibility index (Phi) is 8.39. The molecule has 12 aromatic rings. The van der Waals surface area contributed by atoms with Gasteiger partial charge in [-0.15, -0.1) is 11.3 Å². The normalized spacial score (nSPS) is 11.6. The van der Waals surface area contributed by atoms with Gasteiger partial charge in [0.05, 0.1) is 22.4 Å². The predicted octanol–water partition coefficient (Wildman–Crippen LogP) is 16.8. The van der Waals surface area contributed by atoms with Crippen molar-refractivity contribution in [2.45, 2.75) is 0 Å². The number of anilines is 3. The Morgan fingerprint density at radius 3 is 1.79 bits per heavy atom. The van der Waals surface area contributed by atoms with Gasteiger partial charge < -0.3 is 9.47 Å². The van der Waals surface area contributed by atoms with E-state index in [1.54, 1.807) is 0 Å². The van der Waals surface area contributed by atoms with Crippen molar-refractivity contribution in [2.75, 3.05) is 4.90 Å². The van der Waals surface area contributed by atoms with Gasteiger partial charge in [-0.25, -0.2) is 0 Å². The topological polar surface area (TPSA) is 8.17 Å². The van der Waals surface area contributed by atoms with Crippen molar-refractivity contribution in [1.29, 1.82) is 0 Å². The Labute approximate surface area is 358 Å². The van der Waals surface area contributed by atoms with Crippen molar-refractivity contribution in [3.05, 3.63) is 231 Å². The molecule has 0 aliphatic rings. The van der Waals surface area contributed by atoms with Crippen molar-refractivity contribution in [3.63, 3.8) is 0 Å². The zero-order chi connectivity index (χ0) is 40.3. The van der Waals surface area contributed by atoms with Crippen molar-refractivity contribution in [1.82, 2.24) is 4.57 Å². The maximum Gasteiger partial charge on any atom is 0.0541 e. The molecule has 0 amide bonds. The predicted molar refractivity (Wildman–Crippen MR) is 262 cm³/mol. The number of nitrogens with zero attached hydrogens (tertiary/aromatic N) is 2. The molecule has 0 bridgehead atoms. The SMILES string of the molecule is c1ccc(-c2cc(-c3ccccc3-n3c4ccccc4c4ccccc43)ccc2N(c2cccc(-c3ccc4ccccc4c3)c2)c2ccc3sc4ccccc4c3c2)cc1. The van der Waals surface area contributed by atoms with Gasteiger partial charge in [0.25, 0.3) is 0 Å². The van der Waals surface area contributed by atoms with E-state index in [1.807, 2.05) is 11.3 Å². The molecule has 0 saturated heterocycles. The first-order valence-electron chi connectivity index (χ1n) is 20.8. The van der Waals surface area contributed by atoms with Crippen LogP contribution in [0.2, 0.25) is 0 Å². The summed E-state index contributed by atoms with van der Waals surface area (Å²) in [5, 5.41) is 7.55. The molecule has 2 aromatic heterocycles. The summed E-state index contributed by atoms with van der Waals surface area (Å²) in [4.78, 5) is 2.46. The molecule has 0 unspecified atom stereocenters. The molecule has 10 aromatic carbocycles. The highest BCUT2D eigenvalue weighted by molar-refractivity contribution is 7.25. The zero-order valence-corrected chi connectivity index (χ0v) is 34.1. The second-order valence-corrected chi connectivity index (χ2v) is 16.8. The highest BCUT2D eigenvalue weighted by Crippen LogP contribution is 2.46. The molecule has 61 heavy (non-hydrogen) atoms. The van der Waals surface area contributed by atoms with Gasteiger partial charge in [-0.1, -0.05) is 158 Å². The molecule has 286 valence electrons. The highest BCUT2D eigenvalue weighted by Gasteiger charge is 2.22. The Hall–Kier alpha value is -7.72. The lowest BCUT2D eigenvalue weighted by Gasteiger charge is -2.29. The molecular formula is C58H38N2S. The number of hydrogen-bond donors (Lipinski definition) is 0. The minimum atomic E-state index is 1.10. The van der Waals surface area contributed by atoms with Gasteiger partial charge in [0.1, 0.15) is 0 Å². The van der Waals surface area contributed by atoms with Crippen LogP contribution < -0.4 is 4.90 Å². The molecule has 2 heterocycles. The van der Waals surface area contributed by atoms with Crippen LogP contribution in [0.15, 0.2) is 231 Å². The minimum Gasteiger partial charge on any atom is -0.310 e. The highest BCUT2D eigenvalue weighted by atomic mass is 32.1. The van der Waals surface area contributed by atoms with Crippen molar-refractivity contribution < 1.29 is 0 Å². The fourth-order valence-electron chi connectivity index (χ4n) is 9.32. The molecule has 12 rings (SSSR count). The summed E-state index contributed by atoms with van der Waals surface area (Å²) >= 11 is 1.85. The summed E-state index contributed by atoms with van der Waals surface area (Å²) in [7, 11) is 0. The second kappa shape index (κ2) is 14.5. The first kappa shape index (κ1) is 35.2. The van der Waals surface area contributed by atoms with Crippen molar-refractivity contribution >= 4 is 81.1 Å². The number of fused-ring (bicyclic) bond motifs is 7. The third kappa shape index (κ3) is 6.01. The standard InChI is InChI=1S/C58H38N2S/c1-2-16-40(17-3-1)51-37-44(47-21-6-10-25-53(47)60-54-26-11-7-22-48(54)49-23-8-12-27-55(49)60)31-33-56(51)59(46-32-34-58-52(38-46)50-24-9-13-28-57(50)61-58)45-20-14-19-42(36-45)43-30-29-39-15-4-5-18-41(39)35-43/h1-38H. The fourth-order valence-corrected chi connectivity index (χ4v) is 10.4. The van der Waals surface area contributed by atoms with Crippen LogP contribution in [0.3, 0.4) is 0 Å². The Balaban J connectivity index is 1.09. The molecule has 0 N–H and O–H groups in total. The average molecular weight is 795 g/mol. The van der Waals surface area contributed by atoms with E-state index in [1.165, 1.54) is 69.4 Å². The van der Waals surface area contributed by atoms with E-state index in [4.69, 9.17) is 0 Å². The number of rotatable bonds is 7. The van der Waals surface area contributed by atoms with E-state index in [9.17, 15) is 0 Å². The largest absolute Gasteiger partial charge is 0.310 e. The van der Waals surface area contributed by atoms with Gasteiger partial charge in [0.15, 0.2) is 0 Å². The lowest BCUT2D eigenvalue weighted by atomic mass is 9.95. The molecule has 0 radical (unpaired) electrons. The molecule has 0 saturated carbocycles. The monoisotopic (exact) mass is 794 g/mol. The zero-order valence-electron chi connectivity index (χ0n) is 33.2. The van der Waals surface area contributed by atoms with Crippen LogP contribution >= 0.6 is 11.3 Å². The molecule has 3 heteroatoms. The quantitative estimate of drug-likeness (QED) is 0.156. The summed E-state index contributed by atoms with van der Waals surface area (Å²) in [6.45, 7) is 0. The average Bonchev–Trinajstić information content (AvgIpc) is 3.87. The van der Waals surface area contributed by atoms with Gasteiger partial charge in [0.2, 0.25) is 0 Å². The summed E-state index contributed by atoms with van der Waals surface area (Å²) < 4.78 is 5.02. The fraction of sp³-hybridized carbons (Fsp3) is 0. The number of para-hydroxylation sites is 3. The van der Waals surface area contributed by atoms with E-state index >= 15 is 0 Å². The van der Waals surface area contributed by atoms with Crippen LogP contribution in [0.1, 0.15) is 0 Å². The Bertz CT molecular complexity index is 3560. The van der Waals surface area contributed by atoms with E-state index < -0.39 is 0 Å². The van der Waals surface area contributed by atoms with Gasteiger partial charge in [0, 0.05) is 53.4 Å². The van der Waals surface area contributed by atoms with Crippen molar-refractivity contribution in [2.24, 2.45) is 0 Å². The summed E-state index contributed by atoms with van der Waals surface area (Å²) in [5.74, 6) is 0. The van der Waals surface area contributed by atoms with Gasteiger partial charge in [-0.3, -0.25) is 0 Å². The third-order valence-electron chi connectivity index (χ3n) is 12.2. The van der Waals surface area contributed by atoms with E-state index in [0.717, 1.165) is 39.4 Å². The molecule has 0 atom stereocenters. The molecule has 0 aliphatic heterocycles. The number of hydrogen-bond acceptors (Lipinski definition) is 2. The maximum absolute atomic E-state index is 2.46. The van der Waals surface area contributed by atoms with Crippen LogP contribution in [0, 0.1) is 0 Å². The van der Waals surface area contributed by atoms with Crippen LogP contribution in [0.25, 0.3) is 91.8 Å². The summed E-state index contributed by atoms with van der Waals surface area (Å²) in [6.07, 6.45) is 0. The second-order valence-electron chi connectivity index (χ2n) is 15.7. The number of benzene rings is 10. The van der Waals surface area contributed by atoms with Crippen LogP contribution in [-0.2, 0) is 0 Å². The van der Waals surface area contributed by atoms with Gasteiger partial charge in [-0.2, -0.15) is 0 Å². The number of thiophene rings is 1. The molecule has 0 aliphatic carbocycles. The molecule has 0 spiro atoms. The van der Waals surface area contributed by atoms with E-state index in [0.29, 0.717) is 0 Å². The van der Waals surface area contributed by atoms with E-state index in [-0.39, 0.29) is 0 Å². The lowest BCUT2D eigenvalue weighted by Crippen LogP contribution is -2.11. The van der Waals surface area contributed by atoms with Crippen LogP contribution in [-0.4, -0.2) is 4.57 Å². The Morgan fingerprint density at radius 2 is 0.951 bits per heavy atom. The Morgan fingerprint density at radius 1 is 0.328 bits per heavy atom. The third-order valence-corrected chi connectivity index (χ3v) is 13.3. The van der Waals surface area contributed by atoms with Crippen LogP contribution in [0.4, 0.5) is 17.1 Å². The van der Waals surface area contributed by atoms with Gasteiger partial charge >= 0.3 is 0 Å². The lowest BCUT2D eigenvalue weighted by molar-refractivity contribution is 1.18. The minimum absolute atomic E-state index is 1.10. The van der Waals surface area contributed by atoms with Gasteiger partial charge in [-0.05, 0) is 106 Å². The first-order chi connectivity index (χ1) is 30.2. The molecular weight excluding hydrogens is 757 g/mol. The van der Waals surface area contributed by atoms with E-state index in [2.05, 4.69) is 240 Å². The summed E-state index contributed by atoms with van der Waals surface area (Å²) in [6, 6.07) is 84.4. The smallest absolute Gasteiger partial charge is 0.0541 e. The molecule has 0 fully saturated rings. The van der Waals surface area contributed by atoms with Crippen LogP contribution in [0.5, 0.6) is 0 Å². The maximum atomic E-state index is 2.46. The van der Waals surface area contributed by atoms with Crippen molar-refractivity contribution in [3.8, 4) is 39.1 Å². The molecule has 2 nitrogen and oxygen atoms in total. The summed E-state index contributed by atoms with van der Waals surface area (Å²) in [5.41, 5.74) is 13.9. The number of aromatic nitrogens is 1. The first-order valence-corrected chi connectivity index (χ1v) is 21.6.